The van der Waals surface area contributed by atoms with Gasteiger partial charge in [0.2, 0.25) is 0 Å². The molecule has 1 heterocycles. The number of ketones is 1. The van der Waals surface area contributed by atoms with E-state index in [0.717, 1.165) is 17.0 Å². The highest BCUT2D eigenvalue weighted by atomic mass is 16.1. The first-order valence-corrected chi connectivity index (χ1v) is 5.63. The maximum absolute atomic E-state index is 12.0. The van der Waals surface area contributed by atoms with Crippen molar-refractivity contribution in [3.8, 4) is 0 Å². The second-order valence-corrected chi connectivity index (χ2v) is 4.59. The summed E-state index contributed by atoms with van der Waals surface area (Å²) in [6.07, 6.45) is 4.46. The Bertz CT molecular complexity index is 389. The summed E-state index contributed by atoms with van der Waals surface area (Å²) < 4.78 is 1.79. The monoisotopic (exact) mass is 206 g/mol. The van der Waals surface area contributed by atoms with Gasteiger partial charge in [-0.1, -0.05) is 19.3 Å². The molecule has 1 aliphatic carbocycles. The van der Waals surface area contributed by atoms with Crippen LogP contribution in [0.3, 0.4) is 0 Å². The SMILES string of the molecule is Cc1nn(C)c(C)c1C(=O)CC1CCC1. The normalized spacial score (nSPS) is 16.5. The Labute approximate surface area is 90.5 Å². The van der Waals surface area contributed by atoms with Gasteiger partial charge in [-0.05, 0) is 19.8 Å². The zero-order valence-electron chi connectivity index (χ0n) is 9.71. The highest BCUT2D eigenvalue weighted by Gasteiger charge is 2.24. The first-order valence-electron chi connectivity index (χ1n) is 5.63. The second-order valence-electron chi connectivity index (χ2n) is 4.59. The lowest BCUT2D eigenvalue weighted by atomic mass is 9.81. The number of carbonyl (C=O) groups is 1. The quantitative estimate of drug-likeness (QED) is 0.712. The van der Waals surface area contributed by atoms with Crippen LogP contribution in [0.1, 0.15) is 47.4 Å². The molecule has 1 aromatic rings. The van der Waals surface area contributed by atoms with Crippen molar-refractivity contribution in [3.63, 3.8) is 0 Å². The van der Waals surface area contributed by atoms with Gasteiger partial charge >= 0.3 is 0 Å². The minimum Gasteiger partial charge on any atom is -0.294 e. The van der Waals surface area contributed by atoms with Crippen LogP contribution in [0.4, 0.5) is 0 Å². The van der Waals surface area contributed by atoms with Crippen LogP contribution in [0, 0.1) is 19.8 Å². The van der Waals surface area contributed by atoms with Crippen molar-refractivity contribution in [2.24, 2.45) is 13.0 Å². The van der Waals surface area contributed by atoms with Crippen molar-refractivity contribution < 1.29 is 4.79 Å². The van der Waals surface area contributed by atoms with E-state index in [9.17, 15) is 4.79 Å². The van der Waals surface area contributed by atoms with Crippen LogP contribution in [0.5, 0.6) is 0 Å². The fourth-order valence-corrected chi connectivity index (χ4v) is 2.24. The number of aromatic nitrogens is 2. The summed E-state index contributed by atoms with van der Waals surface area (Å²) in [7, 11) is 1.89. The van der Waals surface area contributed by atoms with Crippen molar-refractivity contribution in [1.29, 1.82) is 0 Å². The topological polar surface area (TPSA) is 34.9 Å². The van der Waals surface area contributed by atoms with Crippen molar-refractivity contribution in [2.75, 3.05) is 0 Å². The van der Waals surface area contributed by atoms with Gasteiger partial charge < -0.3 is 0 Å². The third-order valence-corrected chi connectivity index (χ3v) is 3.49. The van der Waals surface area contributed by atoms with Gasteiger partial charge in [-0.3, -0.25) is 9.48 Å². The molecular weight excluding hydrogens is 188 g/mol. The molecule has 82 valence electrons. The smallest absolute Gasteiger partial charge is 0.166 e. The first-order chi connectivity index (χ1) is 7.09. The highest BCUT2D eigenvalue weighted by molar-refractivity contribution is 5.98. The van der Waals surface area contributed by atoms with Gasteiger partial charge in [-0.2, -0.15) is 5.10 Å². The summed E-state index contributed by atoms with van der Waals surface area (Å²) in [5, 5.41) is 4.28. The minimum absolute atomic E-state index is 0.280. The zero-order valence-corrected chi connectivity index (χ0v) is 9.71. The van der Waals surface area contributed by atoms with E-state index in [0.29, 0.717) is 12.3 Å². The van der Waals surface area contributed by atoms with E-state index in [1.54, 1.807) is 4.68 Å². The molecule has 3 nitrogen and oxygen atoms in total. The molecule has 3 heteroatoms. The molecule has 0 aromatic carbocycles. The Hall–Kier alpha value is -1.12. The Morgan fingerprint density at radius 1 is 1.47 bits per heavy atom. The lowest BCUT2D eigenvalue weighted by Gasteiger charge is -2.24. The lowest BCUT2D eigenvalue weighted by molar-refractivity contribution is 0.0935. The number of hydrogen-bond donors (Lipinski definition) is 0. The summed E-state index contributed by atoms with van der Waals surface area (Å²) in [5.41, 5.74) is 2.72. The average molecular weight is 206 g/mol. The van der Waals surface area contributed by atoms with E-state index in [-0.39, 0.29) is 5.78 Å². The largest absolute Gasteiger partial charge is 0.294 e. The van der Waals surface area contributed by atoms with Gasteiger partial charge in [0.05, 0.1) is 11.3 Å². The van der Waals surface area contributed by atoms with Crippen LogP contribution in [-0.2, 0) is 7.05 Å². The third-order valence-electron chi connectivity index (χ3n) is 3.49. The van der Waals surface area contributed by atoms with Gasteiger partial charge in [-0.15, -0.1) is 0 Å². The molecule has 1 aromatic heterocycles. The second kappa shape index (κ2) is 3.80. The molecule has 0 spiro atoms. The number of rotatable bonds is 3. The molecule has 0 aliphatic heterocycles. The van der Waals surface area contributed by atoms with Crippen LogP contribution < -0.4 is 0 Å². The number of aryl methyl sites for hydroxylation is 2. The van der Waals surface area contributed by atoms with Gasteiger partial charge in [0.15, 0.2) is 5.78 Å². The molecule has 0 N–H and O–H groups in total. The van der Waals surface area contributed by atoms with E-state index in [1.807, 2.05) is 20.9 Å². The Balaban J connectivity index is 2.16. The van der Waals surface area contributed by atoms with Crippen LogP contribution in [0.15, 0.2) is 0 Å². The third kappa shape index (κ3) is 1.83. The maximum Gasteiger partial charge on any atom is 0.166 e. The number of Topliss-reactive ketones (excluding diaryl/α,β-unsaturated/α-hetero) is 1. The van der Waals surface area contributed by atoms with Crippen molar-refractivity contribution in [2.45, 2.75) is 39.5 Å². The molecule has 15 heavy (non-hydrogen) atoms. The van der Waals surface area contributed by atoms with Gasteiger partial charge in [0.25, 0.3) is 0 Å². The van der Waals surface area contributed by atoms with Crippen molar-refractivity contribution in [3.05, 3.63) is 17.0 Å². The van der Waals surface area contributed by atoms with Crippen LogP contribution in [0.25, 0.3) is 0 Å². The summed E-state index contributed by atoms with van der Waals surface area (Å²) in [4.78, 5) is 12.0. The van der Waals surface area contributed by atoms with Crippen LogP contribution in [-0.4, -0.2) is 15.6 Å². The fraction of sp³-hybridized carbons (Fsp3) is 0.667. The Morgan fingerprint density at radius 3 is 2.53 bits per heavy atom. The standard InChI is InChI=1S/C12H18N2O/c1-8-12(9(2)14(3)13-8)11(15)7-10-5-4-6-10/h10H,4-7H2,1-3H3. The van der Waals surface area contributed by atoms with Gasteiger partial charge in [-0.25, -0.2) is 0 Å². The predicted molar refractivity (Wildman–Crippen MR) is 59.0 cm³/mol. The van der Waals surface area contributed by atoms with Crippen LogP contribution in [0.2, 0.25) is 0 Å². The zero-order chi connectivity index (χ0) is 11.0. The predicted octanol–water partition coefficient (Wildman–Crippen LogP) is 2.41. The molecule has 0 bridgehead atoms. The number of hydrogen-bond acceptors (Lipinski definition) is 2. The summed E-state index contributed by atoms with van der Waals surface area (Å²) >= 11 is 0. The highest BCUT2D eigenvalue weighted by Crippen LogP contribution is 2.31. The number of nitrogens with zero attached hydrogens (tertiary/aromatic N) is 2. The van der Waals surface area contributed by atoms with E-state index in [1.165, 1.54) is 19.3 Å². The molecule has 1 saturated carbocycles. The van der Waals surface area contributed by atoms with E-state index >= 15 is 0 Å². The molecule has 0 saturated heterocycles. The summed E-state index contributed by atoms with van der Waals surface area (Å²) in [6, 6.07) is 0. The van der Waals surface area contributed by atoms with Gasteiger partial charge in [0.1, 0.15) is 0 Å². The molecular formula is C12H18N2O. The minimum atomic E-state index is 0.280. The van der Waals surface area contributed by atoms with Crippen molar-refractivity contribution in [1.82, 2.24) is 9.78 Å². The molecule has 0 amide bonds. The average Bonchev–Trinajstić information content (AvgIpc) is 2.34. The molecule has 1 fully saturated rings. The summed E-state index contributed by atoms with van der Waals surface area (Å²) in [6.45, 7) is 3.88. The Kier molecular flexibility index (Phi) is 2.63. The molecule has 2 rings (SSSR count). The van der Waals surface area contributed by atoms with Crippen molar-refractivity contribution >= 4 is 5.78 Å². The van der Waals surface area contributed by atoms with Gasteiger partial charge in [0, 0.05) is 19.2 Å². The molecule has 0 unspecified atom stereocenters. The summed E-state index contributed by atoms with van der Waals surface area (Å²) in [5.74, 6) is 0.916. The molecule has 0 radical (unpaired) electrons. The molecule has 1 aliphatic rings. The fourth-order valence-electron chi connectivity index (χ4n) is 2.24. The Morgan fingerprint density at radius 2 is 2.13 bits per heavy atom. The van der Waals surface area contributed by atoms with E-state index < -0.39 is 0 Å². The first kappa shape index (κ1) is 10.4. The molecule has 0 atom stereocenters. The van der Waals surface area contributed by atoms with Crippen LogP contribution >= 0.6 is 0 Å². The lowest BCUT2D eigenvalue weighted by Crippen LogP contribution is -2.16. The van der Waals surface area contributed by atoms with E-state index in [4.69, 9.17) is 0 Å². The number of carbonyl (C=O) groups excluding carboxylic acids is 1. The van der Waals surface area contributed by atoms with E-state index in [2.05, 4.69) is 5.10 Å². The maximum atomic E-state index is 12.0.